The molecule has 0 aliphatic rings. The molecule has 2 aromatic carbocycles. The largest absolute Gasteiger partial charge is 0.497 e. The van der Waals surface area contributed by atoms with E-state index in [0.29, 0.717) is 18.2 Å². The van der Waals surface area contributed by atoms with Crippen molar-refractivity contribution in [3.8, 4) is 5.75 Å². The van der Waals surface area contributed by atoms with Gasteiger partial charge in [-0.2, -0.15) is 13.2 Å². The van der Waals surface area contributed by atoms with Crippen molar-refractivity contribution in [1.29, 1.82) is 0 Å². The number of ether oxygens (including phenoxy) is 1. The summed E-state index contributed by atoms with van der Waals surface area (Å²) in [5.41, 5.74) is -4.03. The Morgan fingerprint density at radius 1 is 1.04 bits per heavy atom. The van der Waals surface area contributed by atoms with Crippen molar-refractivity contribution >= 4 is 10.8 Å². The number of methoxy groups -OCH3 is 1. The highest BCUT2D eigenvalue weighted by atomic mass is 32.2. The van der Waals surface area contributed by atoms with E-state index < -0.39 is 50.4 Å². The SMILES string of the molecule is COc1ccc(C(O)(CS(=O)c2cc(F)cc(F)c2)C(F)(F)F)cc1. The van der Waals surface area contributed by atoms with Crippen LogP contribution in [0.15, 0.2) is 47.4 Å². The van der Waals surface area contributed by atoms with Crippen LogP contribution in [0.1, 0.15) is 5.56 Å². The van der Waals surface area contributed by atoms with Gasteiger partial charge in [-0.25, -0.2) is 8.78 Å². The van der Waals surface area contributed by atoms with Gasteiger partial charge in [-0.1, -0.05) is 12.1 Å². The third-order valence-corrected chi connectivity index (χ3v) is 4.92. The Morgan fingerprint density at radius 3 is 2.00 bits per heavy atom. The van der Waals surface area contributed by atoms with E-state index in [-0.39, 0.29) is 5.75 Å². The second kappa shape index (κ2) is 7.09. The van der Waals surface area contributed by atoms with Crippen molar-refractivity contribution in [2.24, 2.45) is 0 Å². The predicted octanol–water partition coefficient (Wildman–Crippen LogP) is 3.53. The second-order valence-electron chi connectivity index (χ2n) is 5.18. The predicted molar refractivity (Wildman–Crippen MR) is 80.6 cm³/mol. The highest BCUT2D eigenvalue weighted by molar-refractivity contribution is 7.85. The molecule has 0 aliphatic heterocycles. The first-order chi connectivity index (χ1) is 11.6. The van der Waals surface area contributed by atoms with Crippen LogP contribution in [0, 0.1) is 11.6 Å². The molecule has 0 aliphatic carbocycles. The smallest absolute Gasteiger partial charge is 0.422 e. The summed E-state index contributed by atoms with van der Waals surface area (Å²) in [7, 11) is -1.19. The number of halogens is 5. The first-order valence-corrected chi connectivity index (χ1v) is 8.17. The fourth-order valence-electron chi connectivity index (χ4n) is 2.13. The van der Waals surface area contributed by atoms with E-state index in [1.807, 2.05) is 0 Å². The minimum absolute atomic E-state index is 0.265. The van der Waals surface area contributed by atoms with Crippen LogP contribution in [0.5, 0.6) is 5.75 Å². The van der Waals surface area contributed by atoms with Gasteiger partial charge in [-0.15, -0.1) is 0 Å². The zero-order chi connectivity index (χ0) is 18.8. The standard InChI is InChI=1S/C16H13F5O3S/c1-24-13-4-2-10(3-5-13)15(22,16(19,20)21)9-25(23)14-7-11(17)6-12(18)8-14/h2-8,22H,9H2,1H3. The molecule has 25 heavy (non-hydrogen) atoms. The molecule has 3 nitrogen and oxygen atoms in total. The van der Waals surface area contributed by atoms with Crippen LogP contribution in [-0.4, -0.2) is 28.4 Å². The van der Waals surface area contributed by atoms with E-state index in [1.165, 1.54) is 19.2 Å². The van der Waals surface area contributed by atoms with E-state index >= 15 is 0 Å². The Labute approximate surface area is 142 Å². The lowest BCUT2D eigenvalue weighted by atomic mass is 9.95. The minimum Gasteiger partial charge on any atom is -0.497 e. The maximum absolute atomic E-state index is 13.4. The molecule has 136 valence electrons. The number of hydrogen-bond donors (Lipinski definition) is 1. The van der Waals surface area contributed by atoms with E-state index in [2.05, 4.69) is 0 Å². The van der Waals surface area contributed by atoms with Gasteiger partial charge in [0.25, 0.3) is 0 Å². The summed E-state index contributed by atoms with van der Waals surface area (Å²) in [6, 6.07) is 6.19. The average molecular weight is 380 g/mol. The van der Waals surface area contributed by atoms with Crippen LogP contribution in [0.2, 0.25) is 0 Å². The zero-order valence-corrected chi connectivity index (χ0v) is 13.6. The van der Waals surface area contributed by atoms with Crippen molar-refractivity contribution in [2.45, 2.75) is 16.7 Å². The Kier molecular flexibility index (Phi) is 5.48. The molecule has 0 heterocycles. The molecule has 2 atom stereocenters. The highest BCUT2D eigenvalue weighted by Crippen LogP contribution is 2.40. The van der Waals surface area contributed by atoms with Crippen molar-refractivity contribution < 1.29 is 36.0 Å². The molecule has 0 amide bonds. The molecule has 2 aromatic rings. The highest BCUT2D eigenvalue weighted by Gasteiger charge is 2.56. The molecule has 0 radical (unpaired) electrons. The van der Waals surface area contributed by atoms with Crippen LogP contribution in [-0.2, 0) is 16.4 Å². The van der Waals surface area contributed by atoms with Gasteiger partial charge >= 0.3 is 6.18 Å². The van der Waals surface area contributed by atoms with Crippen LogP contribution >= 0.6 is 0 Å². The van der Waals surface area contributed by atoms with E-state index in [9.17, 15) is 31.3 Å². The molecule has 0 spiro atoms. The molecule has 0 fully saturated rings. The third-order valence-electron chi connectivity index (χ3n) is 3.48. The maximum atomic E-state index is 13.4. The fourth-order valence-corrected chi connectivity index (χ4v) is 3.49. The monoisotopic (exact) mass is 380 g/mol. The first-order valence-electron chi connectivity index (χ1n) is 6.85. The molecular formula is C16H13F5O3S. The van der Waals surface area contributed by atoms with Crippen molar-refractivity contribution in [3.05, 3.63) is 59.7 Å². The first kappa shape index (κ1) is 19.3. The van der Waals surface area contributed by atoms with Gasteiger partial charge in [0.2, 0.25) is 0 Å². The summed E-state index contributed by atoms with van der Waals surface area (Å²) in [5.74, 6) is -3.21. The third kappa shape index (κ3) is 4.16. The molecule has 0 saturated heterocycles. The second-order valence-corrected chi connectivity index (χ2v) is 6.63. The van der Waals surface area contributed by atoms with E-state index in [4.69, 9.17) is 4.74 Å². The molecule has 0 bridgehead atoms. The van der Waals surface area contributed by atoms with E-state index in [0.717, 1.165) is 12.1 Å². The minimum atomic E-state index is -5.16. The van der Waals surface area contributed by atoms with Gasteiger partial charge in [-0.3, -0.25) is 4.21 Å². The topological polar surface area (TPSA) is 46.5 Å². The molecule has 2 rings (SSSR count). The van der Waals surface area contributed by atoms with Gasteiger partial charge in [0.05, 0.1) is 23.7 Å². The quantitative estimate of drug-likeness (QED) is 0.808. The fraction of sp³-hybridized carbons (Fsp3) is 0.250. The van der Waals surface area contributed by atoms with Crippen molar-refractivity contribution in [3.63, 3.8) is 0 Å². The maximum Gasteiger partial charge on any atom is 0.422 e. The van der Waals surface area contributed by atoms with Gasteiger partial charge in [-0.05, 0) is 29.8 Å². The van der Waals surface area contributed by atoms with Gasteiger partial charge in [0.15, 0.2) is 5.60 Å². The van der Waals surface area contributed by atoms with Crippen LogP contribution in [0.25, 0.3) is 0 Å². The van der Waals surface area contributed by atoms with Crippen LogP contribution < -0.4 is 4.74 Å². The zero-order valence-electron chi connectivity index (χ0n) is 12.8. The van der Waals surface area contributed by atoms with Gasteiger partial charge in [0.1, 0.15) is 17.4 Å². The molecule has 1 N–H and O–H groups in total. The summed E-state index contributed by atoms with van der Waals surface area (Å²) in [6.45, 7) is 0. The molecule has 9 heteroatoms. The van der Waals surface area contributed by atoms with Crippen molar-refractivity contribution in [1.82, 2.24) is 0 Å². The molecule has 0 saturated carbocycles. The van der Waals surface area contributed by atoms with Crippen LogP contribution in [0.3, 0.4) is 0 Å². The Hall–Kier alpha value is -2.00. The number of benzene rings is 2. The summed E-state index contributed by atoms with van der Waals surface area (Å²) in [4.78, 5) is -0.492. The van der Waals surface area contributed by atoms with Crippen LogP contribution in [0.4, 0.5) is 22.0 Å². The normalized spacial score (nSPS) is 15.5. The summed E-state index contributed by atoms with van der Waals surface area (Å²) >= 11 is 0. The van der Waals surface area contributed by atoms with E-state index in [1.54, 1.807) is 0 Å². The number of rotatable bonds is 5. The number of aliphatic hydroxyl groups is 1. The Bertz CT molecular complexity index is 756. The molecular weight excluding hydrogens is 367 g/mol. The number of hydrogen-bond acceptors (Lipinski definition) is 3. The van der Waals surface area contributed by atoms with Gasteiger partial charge < -0.3 is 9.84 Å². The molecule has 0 aromatic heterocycles. The summed E-state index contributed by atoms with van der Waals surface area (Å²) < 4.78 is 83.7. The van der Waals surface area contributed by atoms with Crippen molar-refractivity contribution in [2.75, 3.05) is 12.9 Å². The molecule has 2 unspecified atom stereocenters. The Morgan fingerprint density at radius 2 is 1.56 bits per heavy atom. The number of alkyl halides is 3. The average Bonchev–Trinajstić information content (AvgIpc) is 2.52. The lowest BCUT2D eigenvalue weighted by Crippen LogP contribution is -2.46. The summed E-state index contributed by atoms with van der Waals surface area (Å²) in [5, 5.41) is 10.2. The van der Waals surface area contributed by atoms with Gasteiger partial charge in [0, 0.05) is 11.0 Å². The Balaban J connectivity index is 2.41. The lowest BCUT2D eigenvalue weighted by molar-refractivity contribution is -0.256. The lowest BCUT2D eigenvalue weighted by Gasteiger charge is -2.30. The summed E-state index contributed by atoms with van der Waals surface area (Å²) in [6.07, 6.45) is -5.16.